The summed E-state index contributed by atoms with van der Waals surface area (Å²) in [5.74, 6) is 0. The maximum atomic E-state index is 4.25. The summed E-state index contributed by atoms with van der Waals surface area (Å²) in [6.07, 6.45) is 2.06. The SMILES string of the molecule is COC.COC.Cc1ccc(Cc2ccc(C)cc2)cc1.Cc1ccccc1.Cc1ccccc1.c1ccc(Cc2ccccc2)cc1. The molecule has 0 amide bonds. The highest BCUT2D eigenvalue weighted by Gasteiger charge is 1.96. The summed E-state index contributed by atoms with van der Waals surface area (Å²) in [6, 6.07) is 59.1. The predicted octanol–water partition coefficient (Wildman–Crippen LogP) is 11.7. The molecule has 0 unspecified atom stereocenters. The smallest absolute Gasteiger partial charge is 0.0351 e. The van der Waals surface area contributed by atoms with Gasteiger partial charge in [0.2, 0.25) is 0 Å². The predicted molar refractivity (Wildman–Crippen MR) is 209 cm³/mol. The van der Waals surface area contributed by atoms with E-state index in [0.29, 0.717) is 0 Å². The first-order valence-electron chi connectivity index (χ1n) is 16.3. The third kappa shape index (κ3) is 21.9. The third-order valence-corrected chi connectivity index (χ3v) is 6.62. The van der Waals surface area contributed by atoms with Crippen LogP contribution >= 0.6 is 0 Å². The van der Waals surface area contributed by atoms with Crippen molar-refractivity contribution in [2.45, 2.75) is 40.5 Å². The molecular formula is C46H56O2. The van der Waals surface area contributed by atoms with Crippen molar-refractivity contribution in [1.29, 1.82) is 0 Å². The van der Waals surface area contributed by atoms with Gasteiger partial charge in [-0.25, -0.2) is 0 Å². The Kier molecular flexibility index (Phi) is 23.5. The topological polar surface area (TPSA) is 18.5 Å². The molecule has 0 aromatic heterocycles. The van der Waals surface area contributed by atoms with Gasteiger partial charge in [0.15, 0.2) is 0 Å². The average molecular weight is 641 g/mol. The normalized spacial score (nSPS) is 9.17. The average Bonchev–Trinajstić information content (AvgIpc) is 3.10. The van der Waals surface area contributed by atoms with Crippen LogP contribution in [0, 0.1) is 27.7 Å². The molecule has 2 heteroatoms. The number of rotatable bonds is 4. The van der Waals surface area contributed by atoms with Crippen molar-refractivity contribution >= 4 is 0 Å². The number of aryl methyl sites for hydroxylation is 4. The van der Waals surface area contributed by atoms with Crippen LogP contribution in [-0.4, -0.2) is 28.4 Å². The highest BCUT2D eigenvalue weighted by molar-refractivity contribution is 5.30. The maximum Gasteiger partial charge on any atom is 0.0351 e. The molecule has 0 fully saturated rings. The van der Waals surface area contributed by atoms with Crippen LogP contribution in [0.3, 0.4) is 0 Å². The highest BCUT2D eigenvalue weighted by atomic mass is 16.5. The van der Waals surface area contributed by atoms with E-state index in [4.69, 9.17) is 0 Å². The van der Waals surface area contributed by atoms with Gasteiger partial charge in [-0.3, -0.25) is 0 Å². The van der Waals surface area contributed by atoms with E-state index in [9.17, 15) is 0 Å². The van der Waals surface area contributed by atoms with Crippen LogP contribution in [0.4, 0.5) is 0 Å². The summed E-state index contributed by atoms with van der Waals surface area (Å²) in [7, 11) is 6.50. The van der Waals surface area contributed by atoms with Crippen LogP contribution in [-0.2, 0) is 22.3 Å². The van der Waals surface area contributed by atoms with Gasteiger partial charge in [0.25, 0.3) is 0 Å². The molecule has 0 bridgehead atoms. The van der Waals surface area contributed by atoms with E-state index in [1.54, 1.807) is 28.4 Å². The Morgan fingerprint density at radius 1 is 0.271 bits per heavy atom. The van der Waals surface area contributed by atoms with Crippen molar-refractivity contribution in [2.75, 3.05) is 28.4 Å². The molecule has 0 aliphatic heterocycles. The lowest BCUT2D eigenvalue weighted by Gasteiger charge is -2.03. The minimum absolute atomic E-state index is 1.03. The van der Waals surface area contributed by atoms with Crippen molar-refractivity contribution in [3.63, 3.8) is 0 Å². The van der Waals surface area contributed by atoms with E-state index in [1.807, 2.05) is 36.4 Å². The molecule has 2 nitrogen and oxygen atoms in total. The second-order valence-electron chi connectivity index (χ2n) is 11.4. The number of benzene rings is 6. The van der Waals surface area contributed by atoms with Gasteiger partial charge in [0, 0.05) is 28.4 Å². The standard InChI is InChI=1S/C15H16.C13H12.2C7H8.2C2H6O/c1-12-3-7-14(8-4-12)11-15-9-5-13(2)6-10-15;1-3-7-12(8-4-1)11-13-9-5-2-6-10-13;2*1-7-5-3-2-4-6-7;2*1-3-2/h3-10H,11H2,1-2H3;1-10H,11H2;2*2-6H,1H3;2*1-2H3. The van der Waals surface area contributed by atoms with Crippen LogP contribution in [0.2, 0.25) is 0 Å². The third-order valence-electron chi connectivity index (χ3n) is 6.62. The first-order valence-corrected chi connectivity index (χ1v) is 16.3. The molecule has 0 aliphatic carbocycles. The lowest BCUT2D eigenvalue weighted by molar-refractivity contribution is 0.277. The zero-order valence-electron chi connectivity index (χ0n) is 30.4. The molecule has 0 aliphatic rings. The van der Waals surface area contributed by atoms with Crippen molar-refractivity contribution in [2.24, 2.45) is 0 Å². The fourth-order valence-electron chi connectivity index (χ4n) is 4.14. The molecule has 6 aromatic carbocycles. The minimum atomic E-state index is 1.03. The van der Waals surface area contributed by atoms with Gasteiger partial charge < -0.3 is 9.47 Å². The van der Waals surface area contributed by atoms with Gasteiger partial charge in [-0.15, -0.1) is 0 Å². The van der Waals surface area contributed by atoms with Gasteiger partial charge >= 0.3 is 0 Å². The van der Waals surface area contributed by atoms with Gasteiger partial charge in [-0.1, -0.05) is 192 Å². The summed E-state index contributed by atoms with van der Waals surface area (Å²) in [5.41, 5.74) is 10.8. The van der Waals surface area contributed by atoms with Gasteiger partial charge in [0.1, 0.15) is 0 Å². The fourth-order valence-corrected chi connectivity index (χ4v) is 4.14. The summed E-state index contributed by atoms with van der Waals surface area (Å²) in [5, 5.41) is 0. The number of hydrogen-bond acceptors (Lipinski definition) is 2. The Labute approximate surface area is 292 Å². The molecule has 6 aromatic rings. The van der Waals surface area contributed by atoms with Crippen LogP contribution < -0.4 is 0 Å². The van der Waals surface area contributed by atoms with Crippen LogP contribution in [0.25, 0.3) is 0 Å². The van der Waals surface area contributed by atoms with Crippen molar-refractivity contribution in [1.82, 2.24) is 0 Å². The molecule has 0 atom stereocenters. The minimum Gasteiger partial charge on any atom is -0.388 e. The summed E-state index contributed by atoms with van der Waals surface area (Å²) in [4.78, 5) is 0. The first-order chi connectivity index (χ1) is 23.3. The molecular weight excluding hydrogens is 585 g/mol. The van der Waals surface area contributed by atoms with E-state index in [1.165, 1.54) is 44.5 Å². The van der Waals surface area contributed by atoms with Crippen LogP contribution in [0.15, 0.2) is 170 Å². The summed E-state index contributed by atoms with van der Waals surface area (Å²) >= 11 is 0. The number of hydrogen-bond donors (Lipinski definition) is 0. The van der Waals surface area contributed by atoms with Crippen molar-refractivity contribution in [3.05, 3.63) is 214 Å². The van der Waals surface area contributed by atoms with E-state index >= 15 is 0 Å². The molecule has 0 heterocycles. The van der Waals surface area contributed by atoms with E-state index in [-0.39, 0.29) is 0 Å². The number of methoxy groups -OCH3 is 2. The number of ether oxygens (including phenoxy) is 2. The Morgan fingerprint density at radius 2 is 0.458 bits per heavy atom. The largest absolute Gasteiger partial charge is 0.388 e. The maximum absolute atomic E-state index is 4.25. The van der Waals surface area contributed by atoms with Gasteiger partial charge in [-0.2, -0.15) is 0 Å². The van der Waals surface area contributed by atoms with E-state index in [0.717, 1.165) is 12.8 Å². The van der Waals surface area contributed by atoms with Crippen LogP contribution in [0.5, 0.6) is 0 Å². The molecule has 6 rings (SSSR count). The molecule has 48 heavy (non-hydrogen) atoms. The Morgan fingerprint density at radius 3 is 0.667 bits per heavy atom. The molecule has 0 spiro atoms. The molecule has 0 saturated carbocycles. The Balaban J connectivity index is 0.000000316. The molecule has 0 saturated heterocycles. The van der Waals surface area contributed by atoms with Crippen molar-refractivity contribution in [3.8, 4) is 0 Å². The van der Waals surface area contributed by atoms with Gasteiger partial charge in [0.05, 0.1) is 0 Å². The highest BCUT2D eigenvalue weighted by Crippen LogP contribution is 2.11. The quantitative estimate of drug-likeness (QED) is 0.191. The molecule has 0 radical (unpaired) electrons. The summed E-state index contributed by atoms with van der Waals surface area (Å²) < 4.78 is 8.50. The Bertz CT molecular complexity index is 1410. The van der Waals surface area contributed by atoms with E-state index in [2.05, 4.69) is 171 Å². The second kappa shape index (κ2) is 27.4. The first kappa shape index (κ1) is 41.3. The summed E-state index contributed by atoms with van der Waals surface area (Å²) in [6.45, 7) is 8.41. The molecule has 0 N–H and O–H groups in total. The monoisotopic (exact) mass is 640 g/mol. The Hall–Kier alpha value is -4.76. The lowest BCUT2D eigenvalue weighted by Crippen LogP contribution is -1.88. The molecule has 252 valence electrons. The van der Waals surface area contributed by atoms with Crippen LogP contribution in [0.1, 0.15) is 44.5 Å². The van der Waals surface area contributed by atoms with Crippen molar-refractivity contribution < 1.29 is 9.47 Å². The van der Waals surface area contributed by atoms with E-state index < -0.39 is 0 Å². The second-order valence-corrected chi connectivity index (χ2v) is 11.4. The zero-order valence-corrected chi connectivity index (χ0v) is 30.4. The lowest BCUT2D eigenvalue weighted by atomic mass is 10.0. The zero-order chi connectivity index (χ0) is 35.2. The van der Waals surface area contributed by atoms with Gasteiger partial charge in [-0.05, 0) is 62.8 Å². The fraction of sp³-hybridized carbons (Fsp3) is 0.217.